The molecule has 4 aliphatic carbocycles. The Balaban J connectivity index is 1.38. The molecule has 6 aromatic rings. The van der Waals surface area contributed by atoms with Gasteiger partial charge in [0.2, 0.25) is 0 Å². The van der Waals surface area contributed by atoms with E-state index in [-0.39, 0.29) is 10.8 Å². The van der Waals surface area contributed by atoms with E-state index in [4.69, 9.17) is 12.6 Å². The number of thiol groups is 1. The molecule has 0 N–H and O–H groups in total. The molecule has 1 atom stereocenters. The second-order valence-corrected chi connectivity index (χ2v) is 19.5. The van der Waals surface area contributed by atoms with Gasteiger partial charge in [0.15, 0.2) is 0 Å². The molecule has 6 aromatic carbocycles. The molecule has 2 heteroatoms. The Morgan fingerprint density at radius 2 is 1.25 bits per heavy atom. The lowest BCUT2D eigenvalue weighted by Crippen LogP contribution is -2.35. The molecule has 0 saturated carbocycles. The molecule has 1 nitrogen and oxygen atoms in total. The Labute approximate surface area is 362 Å². The Hall–Kier alpha value is -5.57. The van der Waals surface area contributed by atoms with E-state index in [0.29, 0.717) is 0 Å². The maximum absolute atomic E-state index is 5.28. The molecule has 296 valence electrons. The number of allylic oxidation sites excluding steroid dienone is 5. The predicted octanol–water partition coefficient (Wildman–Crippen LogP) is 15.5. The Kier molecular flexibility index (Phi) is 8.57. The first-order valence-electron chi connectivity index (χ1n) is 22.1. The SMILES string of the molecule is Cc1cc2c(cc1N1/C(c3ccccc3S)=C\c3c4cccc3C(C3=CCCC=C3)(c3ccccc3)c3ccccc3-c3c1cc1c(c3-4)C=CCC1)C(C)(C)CCC2(C)C. The molecule has 6 bridgehead atoms. The zero-order chi connectivity index (χ0) is 41.0. The number of anilines is 2. The molecular weight excluding hydrogens is 743 g/mol. The van der Waals surface area contributed by atoms with Gasteiger partial charge < -0.3 is 4.90 Å². The van der Waals surface area contributed by atoms with Gasteiger partial charge in [-0.3, -0.25) is 0 Å². The van der Waals surface area contributed by atoms with E-state index in [9.17, 15) is 0 Å². The van der Waals surface area contributed by atoms with Crippen LogP contribution in [0.2, 0.25) is 0 Å². The molecular formula is C58H53NS. The van der Waals surface area contributed by atoms with Gasteiger partial charge in [-0.25, -0.2) is 0 Å². The summed E-state index contributed by atoms with van der Waals surface area (Å²) in [6.45, 7) is 12.1. The molecule has 1 unspecified atom stereocenters. The highest BCUT2D eigenvalue weighted by atomic mass is 32.1. The molecule has 0 aromatic heterocycles. The van der Waals surface area contributed by atoms with Crippen molar-refractivity contribution in [3.05, 3.63) is 201 Å². The standard InChI is InChI=1S/C58H53NS/c1-37-33-48-49(57(4,5)32-31-56(48,2)3)36-50(37)59-51(44-26-15-17-30-53(44)60)35-45-42-27-18-29-47(45)58(39-20-8-6-9-21-39,40-22-10-7-11-23-40)46-28-16-14-25-43(46)55-52(59)34-38-19-12-13-24-41(38)54(42)55/h6,8-10,13-18,20-30,33-36,60H,7,11-12,19,31-32H2,1-5H3/b51-35-. The number of rotatable bonds is 4. The second kappa shape index (κ2) is 13.7. The van der Waals surface area contributed by atoms with Crippen molar-refractivity contribution in [2.75, 3.05) is 4.90 Å². The van der Waals surface area contributed by atoms with Gasteiger partial charge in [0.25, 0.3) is 0 Å². The Morgan fingerprint density at radius 3 is 2.02 bits per heavy atom. The maximum atomic E-state index is 5.28. The van der Waals surface area contributed by atoms with E-state index >= 15 is 0 Å². The first-order chi connectivity index (χ1) is 29.1. The molecule has 11 rings (SSSR count). The van der Waals surface area contributed by atoms with E-state index in [2.05, 4.69) is 191 Å². The summed E-state index contributed by atoms with van der Waals surface area (Å²) >= 11 is 5.28. The lowest BCUT2D eigenvalue weighted by molar-refractivity contribution is 0.332. The minimum atomic E-state index is -0.581. The van der Waals surface area contributed by atoms with Crippen molar-refractivity contribution in [1.82, 2.24) is 0 Å². The minimum Gasteiger partial charge on any atom is -0.309 e. The number of aryl methyl sites for hydroxylation is 2. The third kappa shape index (κ3) is 5.39. The summed E-state index contributed by atoms with van der Waals surface area (Å²) in [7, 11) is 0. The van der Waals surface area contributed by atoms with Crippen LogP contribution in [0.4, 0.5) is 11.4 Å². The molecule has 0 amide bonds. The monoisotopic (exact) mass is 795 g/mol. The fourth-order valence-corrected chi connectivity index (χ4v) is 11.8. The zero-order valence-electron chi connectivity index (χ0n) is 35.6. The lowest BCUT2D eigenvalue weighted by Gasteiger charge is -2.46. The van der Waals surface area contributed by atoms with Gasteiger partial charge in [0, 0.05) is 21.7 Å². The lowest BCUT2D eigenvalue weighted by atomic mass is 9.59. The van der Waals surface area contributed by atoms with Crippen molar-refractivity contribution in [1.29, 1.82) is 0 Å². The summed E-state index contributed by atoms with van der Waals surface area (Å²) in [5.74, 6) is 0. The van der Waals surface area contributed by atoms with Gasteiger partial charge in [-0.1, -0.05) is 155 Å². The number of fused-ring (bicyclic) bond motifs is 3. The van der Waals surface area contributed by atoms with Crippen LogP contribution in [-0.4, -0.2) is 0 Å². The zero-order valence-corrected chi connectivity index (χ0v) is 36.5. The van der Waals surface area contributed by atoms with Gasteiger partial charge in [-0.2, -0.15) is 0 Å². The van der Waals surface area contributed by atoms with Crippen molar-refractivity contribution in [3.8, 4) is 22.3 Å². The third-order valence-corrected chi connectivity index (χ3v) is 15.1. The van der Waals surface area contributed by atoms with Crippen LogP contribution in [0.25, 0.3) is 40.1 Å². The van der Waals surface area contributed by atoms with Gasteiger partial charge >= 0.3 is 0 Å². The molecule has 0 fully saturated rings. The van der Waals surface area contributed by atoms with Crippen LogP contribution in [0.15, 0.2) is 150 Å². The van der Waals surface area contributed by atoms with Crippen LogP contribution >= 0.6 is 12.6 Å². The van der Waals surface area contributed by atoms with Crippen molar-refractivity contribution in [3.63, 3.8) is 0 Å². The van der Waals surface area contributed by atoms with Crippen LogP contribution < -0.4 is 4.90 Å². The number of benzene rings is 6. The van der Waals surface area contributed by atoms with Crippen LogP contribution in [0.3, 0.4) is 0 Å². The first-order valence-corrected chi connectivity index (χ1v) is 22.5. The summed E-state index contributed by atoms with van der Waals surface area (Å²) in [4.78, 5) is 3.63. The minimum absolute atomic E-state index is 0.0460. The predicted molar refractivity (Wildman–Crippen MR) is 258 cm³/mol. The highest BCUT2D eigenvalue weighted by molar-refractivity contribution is 7.80. The number of nitrogens with zero attached hydrogens (tertiary/aromatic N) is 1. The summed E-state index contributed by atoms with van der Waals surface area (Å²) in [5.41, 5.74) is 23.1. The fraction of sp³-hybridized carbons (Fsp3) is 0.241. The van der Waals surface area contributed by atoms with Crippen LogP contribution in [0.1, 0.15) is 115 Å². The van der Waals surface area contributed by atoms with Crippen LogP contribution in [0.5, 0.6) is 0 Å². The van der Waals surface area contributed by atoms with E-state index < -0.39 is 5.41 Å². The summed E-state index contributed by atoms with van der Waals surface area (Å²) in [6, 6.07) is 44.3. The highest BCUT2D eigenvalue weighted by Crippen LogP contribution is 2.61. The fourth-order valence-electron chi connectivity index (χ4n) is 11.5. The molecule has 5 aliphatic rings. The largest absolute Gasteiger partial charge is 0.309 e. The first kappa shape index (κ1) is 37.4. The molecule has 1 aliphatic heterocycles. The van der Waals surface area contributed by atoms with E-state index in [0.717, 1.165) is 48.3 Å². The van der Waals surface area contributed by atoms with Gasteiger partial charge in [0.05, 0.1) is 16.8 Å². The quantitative estimate of drug-likeness (QED) is 0.174. The van der Waals surface area contributed by atoms with Crippen LogP contribution in [0, 0.1) is 6.92 Å². The smallest absolute Gasteiger partial charge is 0.0710 e. The average molecular weight is 796 g/mol. The molecule has 60 heavy (non-hydrogen) atoms. The second-order valence-electron chi connectivity index (χ2n) is 19.1. The summed E-state index contributed by atoms with van der Waals surface area (Å²) in [5, 5.41) is 0. The Morgan fingerprint density at radius 1 is 0.567 bits per heavy atom. The summed E-state index contributed by atoms with van der Waals surface area (Å²) in [6.07, 6.45) is 21.2. The van der Waals surface area contributed by atoms with Gasteiger partial charge in [-0.05, 0) is 153 Å². The van der Waals surface area contributed by atoms with Gasteiger partial charge in [0.1, 0.15) is 0 Å². The van der Waals surface area contributed by atoms with Crippen molar-refractivity contribution in [2.45, 2.75) is 94.3 Å². The average Bonchev–Trinajstić information content (AvgIpc) is 3.26. The Bertz CT molecular complexity index is 2900. The van der Waals surface area contributed by atoms with Crippen molar-refractivity contribution >= 4 is 41.9 Å². The van der Waals surface area contributed by atoms with E-state index in [1.165, 1.54) is 95.7 Å². The van der Waals surface area contributed by atoms with Crippen LogP contribution in [-0.2, 0) is 22.7 Å². The third-order valence-electron chi connectivity index (χ3n) is 14.7. The van der Waals surface area contributed by atoms with E-state index in [1.54, 1.807) is 0 Å². The topological polar surface area (TPSA) is 3.24 Å². The molecule has 0 spiro atoms. The van der Waals surface area contributed by atoms with E-state index in [1.807, 2.05) is 0 Å². The molecule has 1 heterocycles. The van der Waals surface area contributed by atoms with Gasteiger partial charge in [-0.15, -0.1) is 12.6 Å². The molecule has 0 saturated heterocycles. The highest BCUT2D eigenvalue weighted by Gasteiger charge is 2.46. The van der Waals surface area contributed by atoms with Crippen molar-refractivity contribution in [2.24, 2.45) is 0 Å². The molecule has 0 radical (unpaired) electrons. The number of hydrogen-bond donors (Lipinski definition) is 1. The normalized spacial score (nSPS) is 21.0. The number of hydrogen-bond acceptors (Lipinski definition) is 2. The maximum Gasteiger partial charge on any atom is 0.0710 e. The summed E-state index contributed by atoms with van der Waals surface area (Å²) < 4.78 is 0. The van der Waals surface area contributed by atoms with Crippen molar-refractivity contribution < 1.29 is 0 Å².